The summed E-state index contributed by atoms with van der Waals surface area (Å²) in [4.78, 5) is 2.10. The van der Waals surface area contributed by atoms with Crippen molar-refractivity contribution in [1.29, 1.82) is 0 Å². The highest BCUT2D eigenvalue weighted by molar-refractivity contribution is 5.62. The second-order valence-corrected chi connectivity index (χ2v) is 5.05. The van der Waals surface area contributed by atoms with Crippen molar-refractivity contribution in [2.45, 2.75) is 20.3 Å². The lowest BCUT2D eigenvalue weighted by atomic mass is 10.1. The van der Waals surface area contributed by atoms with E-state index >= 15 is 0 Å². The predicted octanol–water partition coefficient (Wildman–Crippen LogP) is 5.17. The van der Waals surface area contributed by atoms with E-state index in [-0.39, 0.29) is 0 Å². The molecule has 0 bridgehead atoms. The minimum Gasteiger partial charge on any atom is -0.378 e. The summed E-state index contributed by atoms with van der Waals surface area (Å²) >= 11 is 0. The highest BCUT2D eigenvalue weighted by atomic mass is 15.1. The molecule has 0 aromatic heterocycles. The van der Waals surface area contributed by atoms with Gasteiger partial charge in [0.15, 0.2) is 0 Å². The first kappa shape index (κ1) is 16.0. The van der Waals surface area contributed by atoms with Gasteiger partial charge in [0.05, 0.1) is 0 Å². The molecule has 0 saturated carbocycles. The number of aryl methyl sites for hydroxylation is 1. The zero-order valence-corrected chi connectivity index (χ0v) is 13.1. The summed E-state index contributed by atoms with van der Waals surface area (Å²) < 4.78 is 0. The SMILES string of the molecule is C=C(CC)c1ccccc1.Cc1ccc(N(C)C)cc1. The zero-order chi connectivity index (χ0) is 15.0. The first-order valence-electron chi connectivity index (χ1n) is 7.01. The van der Waals surface area contributed by atoms with E-state index in [1.54, 1.807) is 0 Å². The summed E-state index contributed by atoms with van der Waals surface area (Å²) in [5.74, 6) is 0. The van der Waals surface area contributed by atoms with Crippen molar-refractivity contribution in [2.75, 3.05) is 19.0 Å². The fourth-order valence-electron chi connectivity index (χ4n) is 1.72. The van der Waals surface area contributed by atoms with Gasteiger partial charge in [0.25, 0.3) is 0 Å². The van der Waals surface area contributed by atoms with Crippen LogP contribution in [0.4, 0.5) is 5.69 Å². The first-order valence-corrected chi connectivity index (χ1v) is 7.01. The Bertz CT molecular complexity index is 509. The lowest BCUT2D eigenvalue weighted by molar-refractivity contribution is 1.13. The van der Waals surface area contributed by atoms with Gasteiger partial charge in [0, 0.05) is 19.8 Å². The Morgan fingerprint density at radius 2 is 1.50 bits per heavy atom. The Kier molecular flexibility index (Phi) is 6.58. The molecule has 0 amide bonds. The van der Waals surface area contributed by atoms with Crippen molar-refractivity contribution in [3.05, 3.63) is 72.3 Å². The van der Waals surface area contributed by atoms with Crippen molar-refractivity contribution < 1.29 is 0 Å². The van der Waals surface area contributed by atoms with Gasteiger partial charge in [-0.2, -0.15) is 0 Å². The molecule has 20 heavy (non-hydrogen) atoms. The second kappa shape index (κ2) is 8.21. The smallest absolute Gasteiger partial charge is 0.0361 e. The van der Waals surface area contributed by atoms with Crippen LogP contribution in [-0.4, -0.2) is 14.1 Å². The summed E-state index contributed by atoms with van der Waals surface area (Å²) in [7, 11) is 4.09. The molecule has 0 saturated heterocycles. The standard InChI is InChI=1S/C10H12.C9H13N/c1-3-9(2)10-7-5-4-6-8-10;1-8-4-6-9(7-5-8)10(2)3/h4-8H,2-3H2,1H3;4-7H,1-3H3. The van der Waals surface area contributed by atoms with E-state index < -0.39 is 0 Å². The lowest BCUT2D eigenvalue weighted by Gasteiger charge is -2.11. The zero-order valence-electron chi connectivity index (χ0n) is 13.1. The van der Waals surface area contributed by atoms with Crippen molar-refractivity contribution in [3.63, 3.8) is 0 Å². The first-order chi connectivity index (χ1) is 9.54. The third kappa shape index (κ3) is 5.31. The third-order valence-electron chi connectivity index (χ3n) is 3.16. The number of allylic oxidation sites excluding steroid dienone is 1. The Hall–Kier alpha value is -2.02. The maximum absolute atomic E-state index is 3.94. The number of anilines is 1. The van der Waals surface area contributed by atoms with Crippen LogP contribution in [-0.2, 0) is 0 Å². The van der Waals surface area contributed by atoms with Crippen LogP contribution in [0.15, 0.2) is 61.2 Å². The van der Waals surface area contributed by atoms with Crippen molar-refractivity contribution >= 4 is 11.3 Å². The van der Waals surface area contributed by atoms with E-state index in [9.17, 15) is 0 Å². The number of hydrogen-bond acceptors (Lipinski definition) is 1. The van der Waals surface area contributed by atoms with Crippen LogP contribution in [0, 0.1) is 6.92 Å². The predicted molar refractivity (Wildman–Crippen MR) is 91.3 cm³/mol. The number of rotatable bonds is 3. The molecule has 0 N–H and O–H groups in total. The van der Waals surface area contributed by atoms with Crippen molar-refractivity contribution in [3.8, 4) is 0 Å². The summed E-state index contributed by atoms with van der Waals surface area (Å²) in [6, 6.07) is 18.8. The highest BCUT2D eigenvalue weighted by Crippen LogP contribution is 2.13. The van der Waals surface area contributed by atoms with Gasteiger partial charge < -0.3 is 4.90 Å². The van der Waals surface area contributed by atoms with Crippen LogP contribution in [0.2, 0.25) is 0 Å². The average molecular weight is 267 g/mol. The minimum absolute atomic E-state index is 1.03. The molecule has 0 unspecified atom stereocenters. The van der Waals surface area contributed by atoms with Crippen LogP contribution in [0.3, 0.4) is 0 Å². The molecular formula is C19H25N. The number of benzene rings is 2. The second-order valence-electron chi connectivity index (χ2n) is 5.05. The van der Waals surface area contributed by atoms with E-state index in [2.05, 4.69) is 61.7 Å². The van der Waals surface area contributed by atoms with Crippen LogP contribution in [0.1, 0.15) is 24.5 Å². The molecule has 0 aliphatic rings. The minimum atomic E-state index is 1.03. The summed E-state index contributed by atoms with van der Waals surface area (Å²) in [6.45, 7) is 8.16. The largest absolute Gasteiger partial charge is 0.378 e. The van der Waals surface area contributed by atoms with Gasteiger partial charge in [-0.3, -0.25) is 0 Å². The van der Waals surface area contributed by atoms with Crippen molar-refractivity contribution in [2.24, 2.45) is 0 Å². The number of nitrogens with zero attached hydrogens (tertiary/aromatic N) is 1. The normalized spacial score (nSPS) is 9.40. The molecule has 106 valence electrons. The molecule has 0 aliphatic carbocycles. The summed E-state index contributed by atoms with van der Waals surface area (Å²) in [6.07, 6.45) is 1.03. The molecule has 0 fully saturated rings. The monoisotopic (exact) mass is 267 g/mol. The Labute approximate surface area is 123 Å². The van der Waals surface area contributed by atoms with E-state index in [1.165, 1.54) is 22.4 Å². The Balaban J connectivity index is 0.000000200. The average Bonchev–Trinajstić information content (AvgIpc) is 2.48. The topological polar surface area (TPSA) is 3.24 Å². The van der Waals surface area contributed by atoms with Gasteiger partial charge >= 0.3 is 0 Å². The molecule has 0 spiro atoms. The number of hydrogen-bond donors (Lipinski definition) is 0. The van der Waals surface area contributed by atoms with Gasteiger partial charge in [-0.15, -0.1) is 0 Å². The van der Waals surface area contributed by atoms with Gasteiger partial charge in [0.2, 0.25) is 0 Å². The Morgan fingerprint density at radius 1 is 0.950 bits per heavy atom. The summed E-state index contributed by atoms with van der Waals surface area (Å²) in [5, 5.41) is 0. The molecular weight excluding hydrogens is 242 g/mol. The third-order valence-corrected chi connectivity index (χ3v) is 3.16. The molecule has 0 atom stereocenters. The maximum Gasteiger partial charge on any atom is 0.0361 e. The van der Waals surface area contributed by atoms with Crippen LogP contribution in [0.25, 0.3) is 5.57 Å². The molecule has 0 heterocycles. The van der Waals surface area contributed by atoms with E-state index in [0.29, 0.717) is 0 Å². The van der Waals surface area contributed by atoms with Crippen LogP contribution >= 0.6 is 0 Å². The van der Waals surface area contributed by atoms with Crippen LogP contribution in [0.5, 0.6) is 0 Å². The maximum atomic E-state index is 3.94. The van der Waals surface area contributed by atoms with Crippen molar-refractivity contribution in [1.82, 2.24) is 0 Å². The van der Waals surface area contributed by atoms with Gasteiger partial charge in [-0.1, -0.05) is 61.5 Å². The fourth-order valence-corrected chi connectivity index (χ4v) is 1.72. The highest BCUT2D eigenvalue weighted by Gasteiger charge is 1.91. The quantitative estimate of drug-likeness (QED) is 0.741. The summed E-state index contributed by atoms with van der Waals surface area (Å²) in [5.41, 5.74) is 5.03. The molecule has 1 heteroatoms. The van der Waals surface area contributed by atoms with Gasteiger partial charge in [-0.05, 0) is 36.6 Å². The fraction of sp³-hybridized carbons (Fsp3) is 0.263. The molecule has 1 nitrogen and oxygen atoms in total. The van der Waals surface area contributed by atoms with Gasteiger partial charge in [0.1, 0.15) is 0 Å². The molecule has 0 radical (unpaired) electrons. The van der Waals surface area contributed by atoms with Gasteiger partial charge in [-0.25, -0.2) is 0 Å². The van der Waals surface area contributed by atoms with E-state index in [0.717, 1.165) is 6.42 Å². The molecule has 2 aromatic carbocycles. The molecule has 2 rings (SSSR count). The van der Waals surface area contributed by atoms with E-state index in [4.69, 9.17) is 0 Å². The lowest BCUT2D eigenvalue weighted by Crippen LogP contribution is -2.07. The molecule has 0 aliphatic heterocycles. The molecule has 2 aromatic rings. The van der Waals surface area contributed by atoms with E-state index in [1.807, 2.05) is 32.3 Å². The Morgan fingerprint density at radius 3 is 1.95 bits per heavy atom. The van der Waals surface area contributed by atoms with Crippen LogP contribution < -0.4 is 4.90 Å².